The Morgan fingerprint density at radius 2 is 2.21 bits per heavy atom. The summed E-state index contributed by atoms with van der Waals surface area (Å²) in [6.45, 7) is 6.79. The van der Waals surface area contributed by atoms with Crippen molar-refractivity contribution < 1.29 is 0 Å². The number of rotatable bonds is 6. The summed E-state index contributed by atoms with van der Waals surface area (Å²) in [5.41, 5.74) is 2.47. The van der Waals surface area contributed by atoms with Gasteiger partial charge in [-0.3, -0.25) is 9.58 Å². The van der Waals surface area contributed by atoms with E-state index in [4.69, 9.17) is 0 Å². The molecule has 0 aromatic carbocycles. The van der Waals surface area contributed by atoms with Crippen molar-refractivity contribution in [3.63, 3.8) is 0 Å². The third-order valence-electron chi connectivity index (χ3n) is 4.34. The highest BCUT2D eigenvalue weighted by molar-refractivity contribution is 5.08. The molecule has 1 aromatic rings. The monoisotopic (exact) mass is 262 g/mol. The molecule has 2 heterocycles. The van der Waals surface area contributed by atoms with Crippen LogP contribution in [0.5, 0.6) is 0 Å². The Bertz CT molecular complexity index is 416. The fourth-order valence-electron chi connectivity index (χ4n) is 3.13. The van der Waals surface area contributed by atoms with Gasteiger partial charge in [0.2, 0.25) is 0 Å². The zero-order valence-corrected chi connectivity index (χ0v) is 12.2. The van der Waals surface area contributed by atoms with Crippen LogP contribution in [0.1, 0.15) is 37.1 Å². The molecule has 1 saturated heterocycles. The average Bonchev–Trinajstić information content (AvgIpc) is 2.90. The molecular weight excluding hydrogens is 236 g/mol. The molecule has 2 aliphatic rings. The first-order chi connectivity index (χ1) is 9.20. The minimum Gasteiger partial charge on any atom is -0.313 e. The Kier molecular flexibility index (Phi) is 3.89. The number of aromatic nitrogens is 2. The molecule has 4 heteroatoms. The minimum atomic E-state index is 0.702. The van der Waals surface area contributed by atoms with Crippen molar-refractivity contribution in [1.29, 1.82) is 0 Å². The van der Waals surface area contributed by atoms with E-state index in [1.54, 1.807) is 0 Å². The highest BCUT2D eigenvalue weighted by Gasteiger charge is 2.27. The Morgan fingerprint density at radius 3 is 2.79 bits per heavy atom. The number of nitrogens with one attached hydrogen (secondary N) is 1. The van der Waals surface area contributed by atoms with Crippen molar-refractivity contribution in [2.45, 2.75) is 45.2 Å². The van der Waals surface area contributed by atoms with Crippen LogP contribution in [0.4, 0.5) is 0 Å². The minimum absolute atomic E-state index is 0.702. The zero-order valence-electron chi connectivity index (χ0n) is 12.2. The molecule has 19 heavy (non-hydrogen) atoms. The fraction of sp³-hybridized carbons (Fsp3) is 0.800. The van der Waals surface area contributed by atoms with E-state index in [1.165, 1.54) is 51.0 Å². The lowest BCUT2D eigenvalue weighted by atomic mass is 10.2. The molecule has 1 N–H and O–H groups in total. The van der Waals surface area contributed by atoms with Gasteiger partial charge in [0.15, 0.2) is 0 Å². The maximum absolute atomic E-state index is 4.47. The lowest BCUT2D eigenvalue weighted by molar-refractivity contribution is 0.226. The second-order valence-corrected chi connectivity index (χ2v) is 6.33. The Hall–Kier alpha value is -0.870. The highest BCUT2D eigenvalue weighted by Crippen LogP contribution is 2.30. The number of aryl methyl sites for hydroxylation is 2. The second-order valence-electron chi connectivity index (χ2n) is 6.33. The molecule has 1 aliphatic carbocycles. The molecule has 0 amide bonds. The summed E-state index contributed by atoms with van der Waals surface area (Å²) in [5.74, 6) is 0.954. The van der Waals surface area contributed by atoms with E-state index in [9.17, 15) is 0 Å². The van der Waals surface area contributed by atoms with Crippen LogP contribution >= 0.6 is 0 Å². The average molecular weight is 262 g/mol. The standard InChI is InChI=1S/C15H26N4/c1-12-8-15(18(2)17-12)11-19(9-13-5-6-13)10-14-4-3-7-16-14/h8,13-14,16H,3-7,9-11H2,1-2H3. The molecule has 1 saturated carbocycles. The van der Waals surface area contributed by atoms with Gasteiger partial charge in [0.1, 0.15) is 0 Å². The summed E-state index contributed by atoms with van der Waals surface area (Å²) in [7, 11) is 2.06. The smallest absolute Gasteiger partial charge is 0.0597 e. The molecule has 1 atom stereocenters. The number of hydrogen-bond donors (Lipinski definition) is 1. The van der Waals surface area contributed by atoms with Crippen molar-refractivity contribution >= 4 is 0 Å². The van der Waals surface area contributed by atoms with Gasteiger partial charge in [-0.2, -0.15) is 5.10 Å². The maximum Gasteiger partial charge on any atom is 0.0597 e. The summed E-state index contributed by atoms with van der Waals surface area (Å²) in [6, 6.07) is 2.93. The number of nitrogens with zero attached hydrogens (tertiary/aromatic N) is 3. The van der Waals surface area contributed by atoms with Gasteiger partial charge in [0.25, 0.3) is 0 Å². The van der Waals surface area contributed by atoms with E-state index in [1.807, 2.05) is 4.68 Å². The molecule has 3 rings (SSSR count). The molecule has 106 valence electrons. The first kappa shape index (κ1) is 13.1. The van der Waals surface area contributed by atoms with Crippen LogP contribution in [0.15, 0.2) is 6.07 Å². The van der Waals surface area contributed by atoms with E-state index in [2.05, 4.69) is 35.4 Å². The zero-order chi connectivity index (χ0) is 13.2. The van der Waals surface area contributed by atoms with Crippen LogP contribution in [-0.4, -0.2) is 40.4 Å². The summed E-state index contributed by atoms with van der Waals surface area (Å²) in [5, 5.41) is 8.09. The maximum atomic E-state index is 4.47. The lowest BCUT2D eigenvalue weighted by Gasteiger charge is -2.25. The van der Waals surface area contributed by atoms with Gasteiger partial charge in [-0.15, -0.1) is 0 Å². The molecule has 2 fully saturated rings. The van der Waals surface area contributed by atoms with Gasteiger partial charge in [0.05, 0.1) is 11.4 Å². The van der Waals surface area contributed by atoms with Gasteiger partial charge >= 0.3 is 0 Å². The second kappa shape index (κ2) is 5.63. The molecule has 1 unspecified atom stereocenters. The van der Waals surface area contributed by atoms with E-state index in [0.29, 0.717) is 6.04 Å². The van der Waals surface area contributed by atoms with E-state index in [-0.39, 0.29) is 0 Å². The van der Waals surface area contributed by atoms with Crippen LogP contribution in [0.25, 0.3) is 0 Å². The van der Waals surface area contributed by atoms with Gasteiger partial charge < -0.3 is 5.32 Å². The molecule has 1 aromatic heterocycles. The van der Waals surface area contributed by atoms with Crippen molar-refractivity contribution in [2.75, 3.05) is 19.6 Å². The predicted molar refractivity (Wildman–Crippen MR) is 77.0 cm³/mol. The van der Waals surface area contributed by atoms with Crippen molar-refractivity contribution in [3.05, 3.63) is 17.5 Å². The Labute approximate surface area is 116 Å². The highest BCUT2D eigenvalue weighted by atomic mass is 15.3. The van der Waals surface area contributed by atoms with Crippen LogP contribution in [0.3, 0.4) is 0 Å². The third-order valence-corrected chi connectivity index (χ3v) is 4.34. The van der Waals surface area contributed by atoms with Crippen molar-refractivity contribution in [1.82, 2.24) is 20.0 Å². The van der Waals surface area contributed by atoms with E-state index < -0.39 is 0 Å². The summed E-state index contributed by atoms with van der Waals surface area (Å²) < 4.78 is 2.04. The Morgan fingerprint density at radius 1 is 1.37 bits per heavy atom. The van der Waals surface area contributed by atoms with Gasteiger partial charge in [0, 0.05) is 32.7 Å². The molecule has 0 radical (unpaired) electrons. The summed E-state index contributed by atoms with van der Waals surface area (Å²) in [4.78, 5) is 2.64. The SMILES string of the molecule is Cc1cc(CN(CC2CC2)CC2CCCN2)n(C)n1. The van der Waals surface area contributed by atoms with E-state index in [0.717, 1.165) is 18.2 Å². The predicted octanol–water partition coefficient (Wildman–Crippen LogP) is 1.69. The van der Waals surface area contributed by atoms with E-state index >= 15 is 0 Å². The summed E-state index contributed by atoms with van der Waals surface area (Å²) in [6.07, 6.45) is 5.54. The van der Waals surface area contributed by atoms with Crippen LogP contribution in [0.2, 0.25) is 0 Å². The normalized spacial score (nSPS) is 23.4. The van der Waals surface area contributed by atoms with Gasteiger partial charge in [-0.05, 0) is 51.1 Å². The van der Waals surface area contributed by atoms with Gasteiger partial charge in [-0.25, -0.2) is 0 Å². The van der Waals surface area contributed by atoms with Crippen LogP contribution in [0, 0.1) is 12.8 Å². The van der Waals surface area contributed by atoms with Gasteiger partial charge in [-0.1, -0.05) is 0 Å². The lowest BCUT2D eigenvalue weighted by Crippen LogP contribution is -2.38. The fourth-order valence-corrected chi connectivity index (χ4v) is 3.13. The Balaban J connectivity index is 1.62. The quantitative estimate of drug-likeness (QED) is 0.847. The molecule has 1 aliphatic heterocycles. The first-order valence-electron chi connectivity index (χ1n) is 7.66. The molecular formula is C15H26N4. The molecule has 4 nitrogen and oxygen atoms in total. The van der Waals surface area contributed by atoms with Crippen molar-refractivity contribution in [3.8, 4) is 0 Å². The topological polar surface area (TPSA) is 33.1 Å². The van der Waals surface area contributed by atoms with Crippen LogP contribution in [-0.2, 0) is 13.6 Å². The first-order valence-corrected chi connectivity index (χ1v) is 7.66. The number of hydrogen-bond acceptors (Lipinski definition) is 3. The molecule has 0 spiro atoms. The van der Waals surface area contributed by atoms with Crippen molar-refractivity contribution in [2.24, 2.45) is 13.0 Å². The summed E-state index contributed by atoms with van der Waals surface area (Å²) >= 11 is 0. The van der Waals surface area contributed by atoms with Crippen LogP contribution < -0.4 is 5.32 Å². The largest absolute Gasteiger partial charge is 0.313 e. The molecule has 0 bridgehead atoms. The third kappa shape index (κ3) is 3.57.